The van der Waals surface area contributed by atoms with E-state index in [0.717, 1.165) is 31.6 Å². The van der Waals surface area contributed by atoms with Crippen molar-refractivity contribution in [3.63, 3.8) is 0 Å². The fraction of sp³-hybridized carbons (Fsp3) is 0.333. The van der Waals surface area contributed by atoms with Crippen LogP contribution in [0.4, 0.5) is 5.13 Å². The van der Waals surface area contributed by atoms with E-state index in [4.69, 9.17) is 16.3 Å². The minimum absolute atomic E-state index is 0.158. The molecule has 2 heterocycles. The molecule has 132 valence electrons. The molecule has 1 aromatic heterocycles. The Labute approximate surface area is 160 Å². The molecule has 1 fully saturated rings. The summed E-state index contributed by atoms with van der Waals surface area (Å²) in [6.45, 7) is 1.48. The number of ether oxygens (including phenoxy) is 1. The smallest absolute Gasteiger partial charge is 0.257 e. The van der Waals surface area contributed by atoms with Gasteiger partial charge >= 0.3 is 0 Å². The van der Waals surface area contributed by atoms with Crippen molar-refractivity contribution in [2.45, 2.75) is 17.7 Å². The molecular weight excluding hydrogens is 376 g/mol. The summed E-state index contributed by atoms with van der Waals surface area (Å²) in [5, 5.41) is 3.37. The average molecular weight is 395 g/mol. The third-order valence-corrected chi connectivity index (χ3v) is 5.79. The zero-order valence-corrected chi connectivity index (χ0v) is 16.2. The highest BCUT2D eigenvalue weighted by atomic mass is 35.5. The van der Waals surface area contributed by atoms with Crippen LogP contribution in [0.3, 0.4) is 0 Å². The van der Waals surface area contributed by atoms with Gasteiger partial charge in [-0.1, -0.05) is 41.1 Å². The first-order chi connectivity index (χ1) is 12.2. The molecule has 1 amide bonds. The Morgan fingerprint density at radius 1 is 1.36 bits per heavy atom. The molecule has 1 aliphatic heterocycles. The summed E-state index contributed by atoms with van der Waals surface area (Å²) < 4.78 is 5.97. The number of hydrogen-bond donors (Lipinski definition) is 1. The fourth-order valence-corrected chi connectivity index (χ4v) is 3.88. The topological polar surface area (TPSA) is 51.2 Å². The summed E-state index contributed by atoms with van der Waals surface area (Å²) in [7, 11) is 0. The number of nitrogens with zero attached hydrogens (tertiary/aromatic N) is 1. The minimum atomic E-state index is -0.158. The lowest BCUT2D eigenvalue weighted by atomic mass is 9.94. The molecule has 1 saturated heterocycles. The number of hydrogen-bond acceptors (Lipinski definition) is 5. The van der Waals surface area contributed by atoms with Crippen molar-refractivity contribution in [1.82, 2.24) is 4.98 Å². The van der Waals surface area contributed by atoms with Crippen LogP contribution < -0.4 is 5.32 Å². The van der Waals surface area contributed by atoms with Gasteiger partial charge in [0, 0.05) is 23.7 Å². The average Bonchev–Trinajstić information content (AvgIpc) is 3.05. The summed E-state index contributed by atoms with van der Waals surface area (Å²) in [5.41, 5.74) is 1.58. The van der Waals surface area contributed by atoms with E-state index in [2.05, 4.69) is 16.4 Å². The van der Waals surface area contributed by atoms with E-state index in [-0.39, 0.29) is 5.91 Å². The molecule has 1 aliphatic rings. The van der Waals surface area contributed by atoms with E-state index < -0.39 is 0 Å². The normalized spacial score (nSPS) is 16.0. The van der Waals surface area contributed by atoms with Crippen LogP contribution in [0.25, 0.3) is 5.57 Å². The van der Waals surface area contributed by atoms with E-state index in [1.807, 2.05) is 30.5 Å². The van der Waals surface area contributed by atoms with E-state index >= 15 is 0 Å². The number of benzene rings is 1. The van der Waals surface area contributed by atoms with E-state index in [1.165, 1.54) is 22.4 Å². The van der Waals surface area contributed by atoms with Gasteiger partial charge in [-0.25, -0.2) is 4.98 Å². The number of carbonyl (C=O) groups is 1. The molecular formula is C18H19ClN2O2S2. The Balaban J connectivity index is 1.86. The first-order valence-corrected chi connectivity index (χ1v) is 10.4. The summed E-state index contributed by atoms with van der Waals surface area (Å²) in [5.74, 6) is 0.184. The molecule has 25 heavy (non-hydrogen) atoms. The Morgan fingerprint density at radius 2 is 2.08 bits per heavy atom. The number of rotatable bonds is 5. The first kappa shape index (κ1) is 18.5. The molecule has 3 rings (SSSR count). The van der Waals surface area contributed by atoms with Crippen LogP contribution in [0.1, 0.15) is 18.4 Å². The van der Waals surface area contributed by atoms with Gasteiger partial charge in [-0.3, -0.25) is 10.1 Å². The Morgan fingerprint density at radius 3 is 2.68 bits per heavy atom. The van der Waals surface area contributed by atoms with Crippen molar-refractivity contribution in [3.8, 4) is 0 Å². The monoisotopic (exact) mass is 394 g/mol. The highest BCUT2D eigenvalue weighted by Crippen LogP contribution is 2.28. The molecule has 4 nitrogen and oxygen atoms in total. The van der Waals surface area contributed by atoms with E-state index in [9.17, 15) is 4.79 Å². The Kier molecular flexibility index (Phi) is 6.53. The molecule has 0 bridgehead atoms. The number of halogens is 1. The first-order valence-electron chi connectivity index (χ1n) is 8.02. The summed E-state index contributed by atoms with van der Waals surface area (Å²) >= 11 is 8.84. The van der Waals surface area contributed by atoms with Gasteiger partial charge in [0.2, 0.25) is 0 Å². The zero-order chi connectivity index (χ0) is 17.6. The number of allylic oxidation sites excluding steroid dienone is 1. The van der Waals surface area contributed by atoms with Crippen molar-refractivity contribution in [2.75, 3.05) is 24.8 Å². The van der Waals surface area contributed by atoms with Gasteiger partial charge in [-0.15, -0.1) is 11.8 Å². The summed E-state index contributed by atoms with van der Waals surface area (Å²) in [6, 6.07) is 8.05. The van der Waals surface area contributed by atoms with Gasteiger partial charge in [0.05, 0.1) is 6.20 Å². The number of nitrogens with one attached hydrogen (secondary N) is 1. The van der Waals surface area contributed by atoms with Crippen LogP contribution in [0, 0.1) is 5.92 Å². The highest BCUT2D eigenvalue weighted by Gasteiger charge is 2.18. The quantitative estimate of drug-likeness (QED) is 0.574. The van der Waals surface area contributed by atoms with Crippen LogP contribution in [0.5, 0.6) is 0 Å². The van der Waals surface area contributed by atoms with Crippen molar-refractivity contribution in [3.05, 3.63) is 46.4 Å². The second-order valence-electron chi connectivity index (χ2n) is 5.68. The lowest BCUT2D eigenvalue weighted by molar-refractivity contribution is -0.111. The standard InChI is InChI=1S/C18H19ClN2O2S2/c1-24-14-4-2-13(3-5-14)15(10-12-6-8-23-9-7-12)17(22)21-18-20-11-16(19)25-18/h2-5,10-12H,6-9H2,1H3,(H,20,21,22). The molecule has 0 spiro atoms. The van der Waals surface area contributed by atoms with Crippen LogP contribution in [-0.2, 0) is 9.53 Å². The van der Waals surface area contributed by atoms with Crippen molar-refractivity contribution in [2.24, 2.45) is 5.92 Å². The van der Waals surface area contributed by atoms with Crippen LogP contribution >= 0.6 is 34.7 Å². The number of amides is 1. The molecule has 0 saturated carbocycles. The summed E-state index contributed by atoms with van der Waals surface area (Å²) in [4.78, 5) is 18.1. The van der Waals surface area contributed by atoms with Gasteiger partial charge < -0.3 is 4.74 Å². The fourth-order valence-electron chi connectivity index (χ4n) is 2.67. The van der Waals surface area contributed by atoms with Gasteiger partial charge in [-0.2, -0.15) is 0 Å². The minimum Gasteiger partial charge on any atom is -0.381 e. The molecule has 1 aromatic carbocycles. The van der Waals surface area contributed by atoms with Crippen LogP contribution in [0.15, 0.2) is 41.4 Å². The van der Waals surface area contributed by atoms with Gasteiger partial charge in [0.1, 0.15) is 4.34 Å². The number of thioether (sulfide) groups is 1. The predicted molar refractivity (Wildman–Crippen MR) is 105 cm³/mol. The maximum atomic E-state index is 12.9. The number of thiazole rings is 1. The third kappa shape index (κ3) is 5.07. The summed E-state index contributed by atoms with van der Waals surface area (Å²) in [6.07, 6.45) is 7.51. The largest absolute Gasteiger partial charge is 0.381 e. The molecule has 1 N–H and O–H groups in total. The van der Waals surface area contributed by atoms with Crippen LogP contribution in [0.2, 0.25) is 4.34 Å². The van der Waals surface area contributed by atoms with Crippen LogP contribution in [-0.4, -0.2) is 30.4 Å². The SMILES string of the molecule is CSc1ccc(C(=CC2CCOCC2)C(=O)Nc2ncc(Cl)s2)cc1. The van der Waals surface area contributed by atoms with E-state index in [1.54, 1.807) is 11.8 Å². The predicted octanol–water partition coefficient (Wildman–Crippen LogP) is 4.97. The number of carbonyl (C=O) groups excluding carboxylic acids is 1. The molecule has 7 heteroatoms. The van der Waals surface area contributed by atoms with Gasteiger partial charge in [0.25, 0.3) is 5.91 Å². The third-order valence-electron chi connectivity index (χ3n) is 4.01. The maximum Gasteiger partial charge on any atom is 0.257 e. The Hall–Kier alpha value is -1.34. The maximum absolute atomic E-state index is 12.9. The second kappa shape index (κ2) is 8.85. The van der Waals surface area contributed by atoms with E-state index in [0.29, 0.717) is 21.0 Å². The number of anilines is 1. The van der Waals surface area contributed by atoms with Crippen molar-refractivity contribution >= 4 is 51.3 Å². The lowest BCUT2D eigenvalue weighted by Crippen LogP contribution is -2.18. The van der Waals surface area contributed by atoms with Gasteiger partial charge in [-0.05, 0) is 42.7 Å². The lowest BCUT2D eigenvalue weighted by Gasteiger charge is -2.20. The number of aromatic nitrogens is 1. The zero-order valence-electron chi connectivity index (χ0n) is 13.8. The van der Waals surface area contributed by atoms with Crippen molar-refractivity contribution in [1.29, 1.82) is 0 Å². The highest BCUT2D eigenvalue weighted by molar-refractivity contribution is 7.98. The molecule has 0 aliphatic carbocycles. The molecule has 0 unspecified atom stereocenters. The Bertz CT molecular complexity index is 753. The van der Waals surface area contributed by atoms with Crippen molar-refractivity contribution < 1.29 is 9.53 Å². The second-order valence-corrected chi connectivity index (χ2v) is 8.22. The molecule has 0 atom stereocenters. The van der Waals surface area contributed by atoms with Gasteiger partial charge in [0.15, 0.2) is 5.13 Å². The molecule has 2 aromatic rings. The molecule has 0 radical (unpaired) electrons.